The van der Waals surface area contributed by atoms with Gasteiger partial charge < -0.3 is 19.7 Å². The highest BCUT2D eigenvalue weighted by molar-refractivity contribution is 5.87. The van der Waals surface area contributed by atoms with Crippen molar-refractivity contribution in [3.05, 3.63) is 18.0 Å². The normalized spacial score (nSPS) is 33.0. The van der Waals surface area contributed by atoms with E-state index < -0.39 is 35.7 Å². The first-order valence-corrected chi connectivity index (χ1v) is 10.3. The van der Waals surface area contributed by atoms with Gasteiger partial charge in [0.25, 0.3) is 0 Å². The Morgan fingerprint density at radius 2 is 1.62 bits per heavy atom. The molecule has 0 atom stereocenters. The maximum absolute atomic E-state index is 12.2. The van der Waals surface area contributed by atoms with Gasteiger partial charge in [-0.1, -0.05) is 0 Å². The summed E-state index contributed by atoms with van der Waals surface area (Å²) < 4.78 is 52.0. The van der Waals surface area contributed by atoms with E-state index in [0.717, 1.165) is 26.4 Å². The smallest absolute Gasteiger partial charge is 0.465 e. The lowest BCUT2D eigenvalue weighted by Crippen LogP contribution is -2.80. The zero-order chi connectivity index (χ0) is 23.1. The number of nitrogens with zero attached hydrogens (tertiary/aromatic N) is 3. The van der Waals surface area contributed by atoms with Crippen LogP contribution in [-0.4, -0.2) is 81.5 Å². The lowest BCUT2D eigenvalue weighted by atomic mass is 9.43. The van der Waals surface area contributed by atoms with Gasteiger partial charge in [-0.25, -0.2) is 14.5 Å². The third-order valence-electron chi connectivity index (χ3n) is 6.48. The second-order valence-corrected chi connectivity index (χ2v) is 8.64. The number of imide groups is 1. The zero-order valence-corrected chi connectivity index (χ0v) is 17.1. The molecule has 0 radical (unpaired) electrons. The van der Waals surface area contributed by atoms with Crippen LogP contribution in [0.4, 0.5) is 22.8 Å². The maximum atomic E-state index is 12.2. The Bertz CT molecular complexity index is 819. The van der Waals surface area contributed by atoms with Gasteiger partial charge in [0.2, 0.25) is 0 Å². The number of carboxylic acid groups (broad SMARTS) is 2. The molecule has 2 bridgehead atoms. The summed E-state index contributed by atoms with van der Waals surface area (Å²) >= 11 is 0. The quantitative estimate of drug-likeness (QED) is 0.699. The van der Waals surface area contributed by atoms with E-state index in [2.05, 4.69) is 9.84 Å². The van der Waals surface area contributed by atoms with Crippen LogP contribution >= 0.6 is 0 Å². The third kappa shape index (κ3) is 4.28. The van der Waals surface area contributed by atoms with Gasteiger partial charge in [0, 0.05) is 12.1 Å². The van der Waals surface area contributed by atoms with Crippen molar-refractivity contribution in [2.75, 3.05) is 26.4 Å². The molecule has 5 aliphatic rings. The summed E-state index contributed by atoms with van der Waals surface area (Å²) in [5.74, 6) is -0.0977. The predicted molar refractivity (Wildman–Crippen MR) is 99.2 cm³/mol. The summed E-state index contributed by atoms with van der Waals surface area (Å²) in [6.45, 7) is 3.11. The fourth-order valence-corrected chi connectivity index (χ4v) is 5.00. The molecule has 2 N–H and O–H groups in total. The molecule has 32 heavy (non-hydrogen) atoms. The van der Waals surface area contributed by atoms with Gasteiger partial charge in [0.15, 0.2) is 0 Å². The van der Waals surface area contributed by atoms with Crippen molar-refractivity contribution in [2.24, 2.45) is 0 Å². The number of aromatic nitrogens is 2. The van der Waals surface area contributed by atoms with Crippen LogP contribution in [-0.2, 0) is 19.7 Å². The van der Waals surface area contributed by atoms with Gasteiger partial charge in [-0.05, 0) is 38.2 Å². The van der Waals surface area contributed by atoms with Gasteiger partial charge in [-0.2, -0.15) is 5.10 Å². The van der Waals surface area contributed by atoms with Crippen molar-refractivity contribution < 1.29 is 47.2 Å². The highest BCUT2D eigenvalue weighted by atomic mass is 19.4. The minimum atomic E-state index is -4.63. The first kappa shape index (κ1) is 22.8. The van der Waals surface area contributed by atoms with Crippen molar-refractivity contribution in [1.29, 1.82) is 0 Å². The molecular weight excluding hydrogens is 439 g/mol. The van der Waals surface area contributed by atoms with E-state index in [1.165, 1.54) is 0 Å². The van der Waals surface area contributed by atoms with Crippen LogP contribution in [0.5, 0.6) is 0 Å². The molecule has 2 amide bonds. The Kier molecular flexibility index (Phi) is 5.84. The number of hydrogen-bond donors (Lipinski definition) is 2. The summed E-state index contributed by atoms with van der Waals surface area (Å²) in [6, 6.07) is 1.74. The van der Waals surface area contributed by atoms with E-state index in [1.54, 1.807) is 16.9 Å². The summed E-state index contributed by atoms with van der Waals surface area (Å²) in [6.07, 6.45) is -5.13. The minimum absolute atomic E-state index is 0.0977. The Morgan fingerprint density at radius 3 is 2.06 bits per heavy atom. The van der Waals surface area contributed by atoms with E-state index in [1.807, 2.05) is 0 Å². The molecule has 1 aliphatic heterocycles. The van der Waals surface area contributed by atoms with Crippen LogP contribution < -0.4 is 0 Å². The SMILES string of the molecule is C1COCCO1.O=C(O)N(C(=O)O)C12CC(n3ccc(C4CC(OC(F)(F)F)C4)n3)(C1)C2. The Labute approximate surface area is 180 Å². The van der Waals surface area contributed by atoms with Gasteiger partial charge in [-0.15, -0.1) is 13.2 Å². The van der Waals surface area contributed by atoms with Gasteiger partial charge in [0.05, 0.1) is 49.3 Å². The highest BCUT2D eigenvalue weighted by Crippen LogP contribution is 2.68. The average Bonchev–Trinajstić information content (AvgIpc) is 3.09. The predicted octanol–water partition coefficient (Wildman–Crippen LogP) is 2.99. The number of ether oxygens (including phenoxy) is 3. The number of alkyl halides is 3. The lowest BCUT2D eigenvalue weighted by molar-refractivity contribution is -0.351. The number of amides is 2. The molecule has 1 aromatic rings. The molecule has 178 valence electrons. The lowest BCUT2D eigenvalue weighted by Gasteiger charge is -2.71. The molecule has 5 fully saturated rings. The molecule has 10 nitrogen and oxygen atoms in total. The van der Waals surface area contributed by atoms with Crippen LogP contribution in [0.3, 0.4) is 0 Å². The Hall–Kier alpha value is -2.38. The van der Waals surface area contributed by atoms with Crippen molar-refractivity contribution in [1.82, 2.24) is 14.7 Å². The standard InChI is InChI=1S/C15H16F3N3O5.C4H8O2/c16-15(17,18)26-9-3-8(4-9)10-1-2-20(19-10)13-5-14(6-13,7-13)21(11(22)23)12(24)25;1-2-6-4-3-5-1/h1-2,8-9H,3-7H2,(H,22,23)(H,24,25);1-4H2. The third-order valence-corrected chi connectivity index (χ3v) is 6.48. The molecule has 1 aromatic heterocycles. The molecule has 4 aliphatic carbocycles. The van der Waals surface area contributed by atoms with Gasteiger partial charge in [0.1, 0.15) is 0 Å². The van der Waals surface area contributed by atoms with Crippen molar-refractivity contribution in [2.45, 2.75) is 61.6 Å². The van der Waals surface area contributed by atoms with Crippen LogP contribution in [0.25, 0.3) is 0 Å². The number of rotatable bonds is 4. The largest absolute Gasteiger partial charge is 0.522 e. The number of hydrogen-bond acceptors (Lipinski definition) is 6. The van der Waals surface area contributed by atoms with E-state index in [0.29, 0.717) is 29.9 Å². The molecule has 13 heteroatoms. The van der Waals surface area contributed by atoms with E-state index in [4.69, 9.17) is 19.7 Å². The van der Waals surface area contributed by atoms with Crippen molar-refractivity contribution in [3.63, 3.8) is 0 Å². The molecule has 0 unspecified atom stereocenters. The first-order valence-electron chi connectivity index (χ1n) is 10.3. The molecule has 1 saturated heterocycles. The fourth-order valence-electron chi connectivity index (χ4n) is 5.00. The second kappa shape index (κ2) is 8.19. The van der Waals surface area contributed by atoms with E-state index in [9.17, 15) is 22.8 Å². The van der Waals surface area contributed by atoms with Crippen LogP contribution in [0.2, 0.25) is 0 Å². The van der Waals surface area contributed by atoms with Gasteiger partial charge in [-0.3, -0.25) is 9.42 Å². The van der Waals surface area contributed by atoms with Gasteiger partial charge >= 0.3 is 18.5 Å². The van der Waals surface area contributed by atoms with E-state index in [-0.39, 0.29) is 18.8 Å². The average molecular weight is 463 g/mol. The summed E-state index contributed by atoms with van der Waals surface area (Å²) in [4.78, 5) is 22.8. The summed E-state index contributed by atoms with van der Waals surface area (Å²) in [7, 11) is 0. The molecule has 2 heterocycles. The van der Waals surface area contributed by atoms with Crippen LogP contribution in [0.15, 0.2) is 12.3 Å². The number of halogens is 3. The highest BCUT2D eigenvalue weighted by Gasteiger charge is 2.74. The molecule has 6 rings (SSSR count). The summed E-state index contributed by atoms with van der Waals surface area (Å²) in [5, 5.41) is 22.6. The van der Waals surface area contributed by atoms with Crippen LogP contribution in [0.1, 0.15) is 43.7 Å². The zero-order valence-electron chi connectivity index (χ0n) is 17.1. The Morgan fingerprint density at radius 1 is 1.09 bits per heavy atom. The monoisotopic (exact) mass is 463 g/mol. The van der Waals surface area contributed by atoms with Crippen molar-refractivity contribution in [3.8, 4) is 0 Å². The van der Waals surface area contributed by atoms with Crippen LogP contribution in [0, 0.1) is 0 Å². The first-order chi connectivity index (χ1) is 15.0. The summed E-state index contributed by atoms with van der Waals surface area (Å²) in [5.41, 5.74) is -0.599. The molecule has 4 saturated carbocycles. The maximum Gasteiger partial charge on any atom is 0.522 e. The number of carbonyl (C=O) groups is 2. The molecule has 0 spiro atoms. The topological polar surface area (TPSA) is 123 Å². The Balaban J connectivity index is 0.000000354. The fraction of sp³-hybridized carbons (Fsp3) is 0.737. The minimum Gasteiger partial charge on any atom is -0.465 e. The molecule has 0 aromatic carbocycles. The second-order valence-electron chi connectivity index (χ2n) is 8.64. The van der Waals surface area contributed by atoms with Crippen molar-refractivity contribution >= 4 is 12.2 Å². The van der Waals surface area contributed by atoms with E-state index >= 15 is 0 Å². The molecular formula is C19H24F3N3O7.